The van der Waals surface area contributed by atoms with Crippen molar-refractivity contribution in [2.75, 3.05) is 13.1 Å². The van der Waals surface area contributed by atoms with E-state index in [1.165, 1.54) is 12.8 Å². The highest BCUT2D eigenvalue weighted by molar-refractivity contribution is 5.67. The average molecular weight is 315 g/mol. The number of carbonyl (C=O) groups excluding carboxylic acids is 1. The van der Waals surface area contributed by atoms with Crippen LogP contribution in [0.1, 0.15) is 68.2 Å². The smallest absolute Gasteiger partial charge is 0.407 e. The van der Waals surface area contributed by atoms with E-state index >= 15 is 0 Å². The van der Waals surface area contributed by atoms with Gasteiger partial charge in [0.2, 0.25) is 0 Å². The van der Waals surface area contributed by atoms with Crippen LogP contribution in [-0.2, 0) is 4.74 Å². The molecule has 0 aliphatic heterocycles. The van der Waals surface area contributed by atoms with Gasteiger partial charge in [0.25, 0.3) is 0 Å². The minimum absolute atomic E-state index is 0.328. The monoisotopic (exact) mass is 314 g/mol. The van der Waals surface area contributed by atoms with Crippen LogP contribution < -0.4 is 10.6 Å². The quantitative estimate of drug-likeness (QED) is 0.670. The van der Waals surface area contributed by atoms with Crippen molar-refractivity contribution in [2.45, 2.75) is 79.9 Å². The molecule has 0 aromatic carbocycles. The second-order valence-corrected chi connectivity index (χ2v) is 8.17. The summed E-state index contributed by atoms with van der Waals surface area (Å²) in [5.74, 6) is 1.67. The van der Waals surface area contributed by atoms with Crippen molar-refractivity contribution in [3.8, 4) is 0 Å². The molecule has 2 N–H and O–H groups in total. The van der Waals surface area contributed by atoms with E-state index in [0.717, 1.165) is 12.5 Å². The Balaban J connectivity index is 4.14. The van der Waals surface area contributed by atoms with Gasteiger partial charge in [0, 0.05) is 19.1 Å². The molecular weight excluding hydrogens is 276 g/mol. The van der Waals surface area contributed by atoms with Gasteiger partial charge >= 0.3 is 6.09 Å². The Labute approximate surface area is 137 Å². The molecule has 0 radical (unpaired) electrons. The van der Waals surface area contributed by atoms with E-state index in [4.69, 9.17) is 4.74 Å². The predicted octanol–water partition coefficient (Wildman–Crippen LogP) is 4.20. The third-order valence-electron chi connectivity index (χ3n) is 3.76. The zero-order valence-electron chi connectivity index (χ0n) is 16.0. The number of ether oxygens (including phenoxy) is 1. The number of amides is 1. The molecular formula is C18H38N2O2. The Bertz CT molecular complexity index is 309. The summed E-state index contributed by atoms with van der Waals surface area (Å²) in [4.78, 5) is 11.7. The molecule has 0 heterocycles. The third-order valence-corrected chi connectivity index (χ3v) is 3.76. The second kappa shape index (κ2) is 10.1. The summed E-state index contributed by atoms with van der Waals surface area (Å²) in [6.07, 6.45) is 2.12. The van der Waals surface area contributed by atoms with E-state index in [1.54, 1.807) is 0 Å². The maximum Gasteiger partial charge on any atom is 0.407 e. The summed E-state index contributed by atoms with van der Waals surface area (Å²) in [5.41, 5.74) is -0.443. The van der Waals surface area contributed by atoms with Crippen molar-refractivity contribution in [3.05, 3.63) is 0 Å². The first-order valence-corrected chi connectivity index (χ1v) is 8.71. The lowest BCUT2D eigenvalue weighted by molar-refractivity contribution is 0.0514. The normalized spacial score (nSPS) is 15.0. The molecule has 0 saturated heterocycles. The van der Waals surface area contributed by atoms with Crippen LogP contribution in [-0.4, -0.2) is 30.8 Å². The van der Waals surface area contributed by atoms with Gasteiger partial charge < -0.3 is 15.4 Å². The number of hydrogen-bond acceptors (Lipinski definition) is 3. The molecule has 4 nitrogen and oxygen atoms in total. The van der Waals surface area contributed by atoms with Crippen LogP contribution in [0.3, 0.4) is 0 Å². The molecule has 0 rings (SSSR count). The molecule has 2 atom stereocenters. The second-order valence-electron chi connectivity index (χ2n) is 8.17. The van der Waals surface area contributed by atoms with Crippen molar-refractivity contribution in [1.82, 2.24) is 10.6 Å². The standard InChI is InChI=1S/C18H38N2O2/c1-13(2)9-10-15(5)19-11-16(14(3)4)12-20-17(21)22-18(6,7)8/h13-16,19H,9-12H2,1-8H3,(H,20,21). The van der Waals surface area contributed by atoms with Gasteiger partial charge in [-0.15, -0.1) is 0 Å². The maximum absolute atomic E-state index is 11.7. The highest BCUT2D eigenvalue weighted by Gasteiger charge is 2.19. The van der Waals surface area contributed by atoms with Crippen LogP contribution >= 0.6 is 0 Å². The summed E-state index contributed by atoms with van der Waals surface area (Å²) in [5, 5.41) is 6.49. The van der Waals surface area contributed by atoms with Crippen molar-refractivity contribution in [3.63, 3.8) is 0 Å². The summed E-state index contributed by atoms with van der Waals surface area (Å²) >= 11 is 0. The fourth-order valence-corrected chi connectivity index (χ4v) is 2.11. The van der Waals surface area contributed by atoms with E-state index in [-0.39, 0.29) is 6.09 Å². The summed E-state index contributed by atoms with van der Waals surface area (Å²) in [6.45, 7) is 18.4. The molecule has 4 heteroatoms. The largest absolute Gasteiger partial charge is 0.444 e. The Morgan fingerprint density at radius 3 is 2.05 bits per heavy atom. The number of hydrogen-bond donors (Lipinski definition) is 2. The SMILES string of the molecule is CC(C)CCC(C)NCC(CNC(=O)OC(C)(C)C)C(C)C. The molecule has 0 aromatic rings. The Hall–Kier alpha value is -0.770. The van der Waals surface area contributed by atoms with E-state index in [1.807, 2.05) is 20.8 Å². The van der Waals surface area contributed by atoms with E-state index in [0.29, 0.717) is 24.4 Å². The molecule has 132 valence electrons. The zero-order valence-corrected chi connectivity index (χ0v) is 16.0. The number of alkyl carbamates (subject to hydrolysis) is 1. The molecule has 2 unspecified atom stereocenters. The Morgan fingerprint density at radius 2 is 1.59 bits per heavy atom. The molecule has 0 aromatic heterocycles. The van der Waals surface area contributed by atoms with E-state index in [2.05, 4.69) is 45.3 Å². The number of nitrogens with one attached hydrogen (secondary N) is 2. The topological polar surface area (TPSA) is 50.4 Å². The predicted molar refractivity (Wildman–Crippen MR) is 94.1 cm³/mol. The lowest BCUT2D eigenvalue weighted by Gasteiger charge is -2.25. The van der Waals surface area contributed by atoms with Gasteiger partial charge in [-0.3, -0.25) is 0 Å². The first kappa shape index (κ1) is 21.2. The van der Waals surface area contributed by atoms with Crippen LogP contribution in [0, 0.1) is 17.8 Å². The zero-order chi connectivity index (χ0) is 17.3. The van der Waals surface area contributed by atoms with Gasteiger partial charge in [-0.2, -0.15) is 0 Å². The molecule has 0 saturated carbocycles. The van der Waals surface area contributed by atoms with Crippen LogP contribution in [0.15, 0.2) is 0 Å². The number of carbonyl (C=O) groups is 1. The minimum atomic E-state index is -0.443. The fraction of sp³-hybridized carbons (Fsp3) is 0.944. The Kier molecular flexibility index (Phi) is 9.74. The van der Waals surface area contributed by atoms with Gasteiger partial charge in [0.15, 0.2) is 0 Å². The van der Waals surface area contributed by atoms with Crippen molar-refractivity contribution < 1.29 is 9.53 Å². The molecule has 1 amide bonds. The van der Waals surface area contributed by atoms with Crippen LogP contribution in [0.4, 0.5) is 4.79 Å². The first-order valence-electron chi connectivity index (χ1n) is 8.71. The third kappa shape index (κ3) is 11.8. The summed E-state index contributed by atoms with van der Waals surface area (Å²) < 4.78 is 5.29. The first-order chi connectivity index (χ1) is 10.0. The molecule has 0 aliphatic rings. The van der Waals surface area contributed by atoms with Gasteiger partial charge in [-0.25, -0.2) is 4.79 Å². The lowest BCUT2D eigenvalue weighted by atomic mass is 9.95. The number of rotatable bonds is 9. The lowest BCUT2D eigenvalue weighted by Crippen LogP contribution is -2.41. The molecule has 0 aliphatic carbocycles. The van der Waals surface area contributed by atoms with Gasteiger partial charge in [0.05, 0.1) is 0 Å². The van der Waals surface area contributed by atoms with Crippen molar-refractivity contribution in [1.29, 1.82) is 0 Å². The molecule has 0 bridgehead atoms. The van der Waals surface area contributed by atoms with Crippen molar-refractivity contribution in [2.24, 2.45) is 17.8 Å². The highest BCUT2D eigenvalue weighted by Crippen LogP contribution is 2.12. The average Bonchev–Trinajstić information content (AvgIpc) is 2.33. The van der Waals surface area contributed by atoms with Gasteiger partial charge in [-0.1, -0.05) is 27.7 Å². The van der Waals surface area contributed by atoms with Gasteiger partial charge in [-0.05, 0) is 58.3 Å². The maximum atomic E-state index is 11.7. The fourth-order valence-electron chi connectivity index (χ4n) is 2.11. The van der Waals surface area contributed by atoms with Crippen molar-refractivity contribution >= 4 is 6.09 Å². The van der Waals surface area contributed by atoms with E-state index in [9.17, 15) is 4.79 Å². The van der Waals surface area contributed by atoms with E-state index < -0.39 is 5.60 Å². The molecule has 0 fully saturated rings. The van der Waals surface area contributed by atoms with Crippen LogP contribution in [0.2, 0.25) is 0 Å². The molecule has 22 heavy (non-hydrogen) atoms. The Morgan fingerprint density at radius 1 is 1.00 bits per heavy atom. The summed E-state index contributed by atoms with van der Waals surface area (Å²) in [6, 6.07) is 0.519. The minimum Gasteiger partial charge on any atom is -0.444 e. The molecule has 0 spiro atoms. The van der Waals surface area contributed by atoms with Gasteiger partial charge in [0.1, 0.15) is 5.60 Å². The van der Waals surface area contributed by atoms with Crippen LogP contribution in [0.5, 0.6) is 0 Å². The van der Waals surface area contributed by atoms with Crippen LogP contribution in [0.25, 0.3) is 0 Å². The summed E-state index contributed by atoms with van der Waals surface area (Å²) in [7, 11) is 0. The highest BCUT2D eigenvalue weighted by atomic mass is 16.6.